The Morgan fingerprint density at radius 1 is 1.31 bits per heavy atom. The van der Waals surface area contributed by atoms with E-state index in [2.05, 4.69) is 5.32 Å². The van der Waals surface area contributed by atoms with Gasteiger partial charge in [-0.05, 0) is 30.7 Å². The number of hydrogen-bond donors (Lipinski definition) is 2. The van der Waals surface area contributed by atoms with E-state index < -0.39 is 17.6 Å². The molecule has 0 aliphatic carbocycles. The second kappa shape index (κ2) is 8.34. The molecule has 2 N–H and O–H groups in total. The van der Waals surface area contributed by atoms with Gasteiger partial charge in [-0.15, -0.1) is 0 Å². The molecule has 1 aliphatic rings. The first-order chi connectivity index (χ1) is 12.3. The van der Waals surface area contributed by atoms with Crippen LogP contribution in [-0.4, -0.2) is 45.9 Å². The van der Waals surface area contributed by atoms with Crippen molar-refractivity contribution in [3.63, 3.8) is 0 Å². The lowest BCUT2D eigenvalue weighted by molar-refractivity contribution is -0.151. The Morgan fingerprint density at radius 3 is 2.50 bits per heavy atom. The summed E-state index contributed by atoms with van der Waals surface area (Å²) in [7, 11) is 0. The van der Waals surface area contributed by atoms with Gasteiger partial charge in [-0.1, -0.05) is 50.6 Å². The summed E-state index contributed by atoms with van der Waals surface area (Å²) in [5.41, 5.74) is 0.0431. The molecule has 1 aliphatic heterocycles. The van der Waals surface area contributed by atoms with Gasteiger partial charge >= 0.3 is 5.97 Å². The maximum Gasteiger partial charge on any atom is 0.326 e. The highest BCUT2D eigenvalue weighted by Crippen LogP contribution is 2.34. The van der Waals surface area contributed by atoms with Crippen LogP contribution < -0.4 is 5.32 Å². The maximum atomic E-state index is 13.2. The first-order valence-electron chi connectivity index (χ1n) is 9.18. The minimum Gasteiger partial charge on any atom is -0.480 e. The molecule has 3 atom stereocenters. The number of rotatable bonds is 8. The topological polar surface area (TPSA) is 86.7 Å². The molecule has 6 nitrogen and oxygen atoms in total. The molecule has 2 amide bonds. The quantitative estimate of drug-likeness (QED) is 0.744. The molecular weight excluding hydrogens is 332 g/mol. The fourth-order valence-corrected chi connectivity index (χ4v) is 3.78. The van der Waals surface area contributed by atoms with Gasteiger partial charge in [-0.3, -0.25) is 9.59 Å². The molecule has 1 aromatic carbocycles. The van der Waals surface area contributed by atoms with Gasteiger partial charge in [-0.2, -0.15) is 0 Å². The summed E-state index contributed by atoms with van der Waals surface area (Å²) in [6.07, 6.45) is 2.09. The van der Waals surface area contributed by atoms with Crippen LogP contribution in [0.2, 0.25) is 0 Å². The first-order valence-corrected chi connectivity index (χ1v) is 9.18. The molecule has 0 saturated carbocycles. The van der Waals surface area contributed by atoms with Gasteiger partial charge in [0.05, 0.1) is 0 Å². The third-order valence-corrected chi connectivity index (χ3v) is 5.45. The Bertz CT molecular complexity index is 661. The molecule has 2 rings (SSSR count). The average Bonchev–Trinajstić information content (AvgIpc) is 2.92. The minimum atomic E-state index is -1.00. The summed E-state index contributed by atoms with van der Waals surface area (Å²) in [4.78, 5) is 38.1. The number of nitrogens with one attached hydrogen (secondary N) is 1. The van der Waals surface area contributed by atoms with E-state index in [4.69, 9.17) is 0 Å². The predicted molar refractivity (Wildman–Crippen MR) is 98.5 cm³/mol. The van der Waals surface area contributed by atoms with Crippen LogP contribution in [0.4, 0.5) is 0 Å². The summed E-state index contributed by atoms with van der Waals surface area (Å²) in [6.45, 7) is 5.63. The number of likely N-dealkylation sites (tertiary alicyclic amines) is 1. The highest BCUT2D eigenvalue weighted by Gasteiger charge is 2.52. The lowest BCUT2D eigenvalue weighted by Crippen LogP contribution is -2.59. The van der Waals surface area contributed by atoms with Crippen LogP contribution in [0.5, 0.6) is 0 Å². The van der Waals surface area contributed by atoms with Gasteiger partial charge < -0.3 is 15.3 Å². The van der Waals surface area contributed by atoms with Crippen molar-refractivity contribution < 1.29 is 19.5 Å². The Kier molecular flexibility index (Phi) is 6.40. The molecule has 1 unspecified atom stereocenters. The Morgan fingerprint density at radius 2 is 1.96 bits per heavy atom. The van der Waals surface area contributed by atoms with Crippen molar-refractivity contribution in [1.29, 1.82) is 0 Å². The fourth-order valence-electron chi connectivity index (χ4n) is 3.78. The van der Waals surface area contributed by atoms with Gasteiger partial charge in [0.15, 0.2) is 0 Å². The number of carbonyl (C=O) groups excluding carboxylic acids is 2. The van der Waals surface area contributed by atoms with Crippen LogP contribution in [0.15, 0.2) is 30.3 Å². The Hall–Kier alpha value is -2.37. The zero-order valence-corrected chi connectivity index (χ0v) is 15.7. The van der Waals surface area contributed by atoms with E-state index in [-0.39, 0.29) is 17.7 Å². The highest BCUT2D eigenvalue weighted by atomic mass is 16.4. The fraction of sp³-hybridized carbons (Fsp3) is 0.550. The van der Waals surface area contributed by atoms with Crippen molar-refractivity contribution in [3.05, 3.63) is 35.9 Å². The molecule has 1 fully saturated rings. The minimum absolute atomic E-state index is 0.0625. The normalized spacial score (nSPS) is 22.1. The van der Waals surface area contributed by atoms with Gasteiger partial charge in [0, 0.05) is 13.5 Å². The van der Waals surface area contributed by atoms with E-state index in [1.165, 1.54) is 11.8 Å². The monoisotopic (exact) mass is 360 g/mol. The van der Waals surface area contributed by atoms with E-state index in [9.17, 15) is 19.5 Å². The van der Waals surface area contributed by atoms with Crippen molar-refractivity contribution in [2.45, 2.75) is 58.0 Å². The lowest BCUT2D eigenvalue weighted by Gasteiger charge is -2.35. The number of carboxylic acids is 1. The van der Waals surface area contributed by atoms with Gasteiger partial charge in [0.2, 0.25) is 11.8 Å². The third kappa shape index (κ3) is 4.06. The number of aryl methyl sites for hydroxylation is 1. The van der Waals surface area contributed by atoms with Crippen molar-refractivity contribution in [2.75, 3.05) is 6.54 Å². The molecule has 26 heavy (non-hydrogen) atoms. The molecule has 1 heterocycles. The van der Waals surface area contributed by atoms with Gasteiger partial charge in [-0.25, -0.2) is 4.79 Å². The number of carboxylic acid groups (broad SMARTS) is 1. The van der Waals surface area contributed by atoms with Crippen molar-refractivity contribution in [1.82, 2.24) is 10.2 Å². The Labute approximate surface area is 154 Å². The SMILES string of the molecule is CC[C@@H](C)[C@@]1(NC(C)=O)CCN(C(CCc2ccccc2)C(=O)O)C1=O. The van der Waals surface area contributed by atoms with Gasteiger partial charge in [0.25, 0.3) is 0 Å². The largest absolute Gasteiger partial charge is 0.480 e. The third-order valence-electron chi connectivity index (χ3n) is 5.45. The average molecular weight is 360 g/mol. The molecule has 1 aromatic rings. The summed E-state index contributed by atoms with van der Waals surface area (Å²) >= 11 is 0. The number of carbonyl (C=O) groups is 3. The molecule has 0 spiro atoms. The number of benzene rings is 1. The number of amides is 2. The Balaban J connectivity index is 2.20. The summed E-state index contributed by atoms with van der Waals surface area (Å²) in [5, 5.41) is 12.5. The van der Waals surface area contributed by atoms with E-state index in [0.717, 1.165) is 12.0 Å². The van der Waals surface area contributed by atoms with Crippen LogP contribution in [0.3, 0.4) is 0 Å². The van der Waals surface area contributed by atoms with Crippen LogP contribution in [0, 0.1) is 5.92 Å². The standard InChI is InChI=1S/C20H28N2O4/c1-4-14(2)20(21-15(3)23)12-13-22(19(20)26)17(18(24)25)11-10-16-8-6-5-7-9-16/h5-9,14,17H,4,10-13H2,1-3H3,(H,21,23)(H,24,25)/t14-,17?,20+/m1/s1. The molecule has 6 heteroatoms. The van der Waals surface area contributed by atoms with Crippen LogP contribution >= 0.6 is 0 Å². The number of nitrogens with zero attached hydrogens (tertiary/aromatic N) is 1. The summed E-state index contributed by atoms with van der Waals surface area (Å²) in [5.74, 6) is -1.61. The second-order valence-electron chi connectivity index (χ2n) is 7.09. The van der Waals surface area contributed by atoms with Crippen molar-refractivity contribution in [2.24, 2.45) is 5.92 Å². The second-order valence-corrected chi connectivity index (χ2v) is 7.09. The van der Waals surface area contributed by atoms with Crippen molar-refractivity contribution in [3.8, 4) is 0 Å². The summed E-state index contributed by atoms with van der Waals surface area (Å²) < 4.78 is 0. The zero-order valence-electron chi connectivity index (χ0n) is 15.7. The lowest BCUT2D eigenvalue weighted by atomic mass is 9.81. The molecular formula is C20H28N2O4. The first kappa shape index (κ1) is 19.9. The molecule has 0 aromatic heterocycles. The van der Waals surface area contributed by atoms with E-state index in [0.29, 0.717) is 25.8 Å². The zero-order chi connectivity index (χ0) is 19.3. The summed E-state index contributed by atoms with van der Waals surface area (Å²) in [6, 6.07) is 8.75. The van der Waals surface area contributed by atoms with E-state index in [1.807, 2.05) is 44.2 Å². The van der Waals surface area contributed by atoms with Crippen LogP contribution in [-0.2, 0) is 20.8 Å². The van der Waals surface area contributed by atoms with E-state index in [1.54, 1.807) is 0 Å². The highest BCUT2D eigenvalue weighted by molar-refractivity contribution is 5.95. The van der Waals surface area contributed by atoms with E-state index >= 15 is 0 Å². The molecule has 1 saturated heterocycles. The molecule has 0 bridgehead atoms. The van der Waals surface area contributed by atoms with Crippen LogP contribution in [0.25, 0.3) is 0 Å². The molecule has 0 radical (unpaired) electrons. The predicted octanol–water partition coefficient (Wildman–Crippen LogP) is 2.23. The molecule has 142 valence electrons. The van der Waals surface area contributed by atoms with Gasteiger partial charge in [0.1, 0.15) is 11.6 Å². The number of aliphatic carboxylic acids is 1. The smallest absolute Gasteiger partial charge is 0.326 e. The maximum absolute atomic E-state index is 13.2. The van der Waals surface area contributed by atoms with Crippen molar-refractivity contribution >= 4 is 17.8 Å². The van der Waals surface area contributed by atoms with Crippen LogP contribution in [0.1, 0.15) is 45.6 Å². The number of hydrogen-bond acceptors (Lipinski definition) is 3.